The molecule has 1 rings (SSSR count). The highest BCUT2D eigenvalue weighted by Crippen LogP contribution is 2.30. The number of methoxy groups -OCH3 is 2. The van der Waals surface area contributed by atoms with Crippen LogP contribution in [0.3, 0.4) is 0 Å². The van der Waals surface area contributed by atoms with E-state index in [0.29, 0.717) is 32.0 Å². The van der Waals surface area contributed by atoms with E-state index in [0.717, 1.165) is 38.5 Å². The van der Waals surface area contributed by atoms with Crippen LogP contribution >= 0.6 is 0 Å². The van der Waals surface area contributed by atoms with Crippen molar-refractivity contribution in [2.75, 3.05) is 33.9 Å². The highest BCUT2D eigenvalue weighted by atomic mass is 16.5. The Morgan fingerprint density at radius 1 is 0.744 bits per heavy atom. The third kappa shape index (κ3) is 16.0. The highest BCUT2D eigenvalue weighted by Gasteiger charge is 2.27. The Kier molecular flexibility index (Phi) is 15.2. The summed E-state index contributed by atoms with van der Waals surface area (Å²) in [5.41, 5.74) is -0.0450. The predicted octanol–water partition coefficient (Wildman–Crippen LogP) is 4.21. The topological polar surface area (TPSA) is 120 Å². The Labute approximate surface area is 235 Å². The Bertz CT molecular complexity index is 721. The lowest BCUT2D eigenvalue weighted by molar-refractivity contribution is -0.152. The molecule has 9 nitrogen and oxygen atoms in total. The predicted molar refractivity (Wildman–Crippen MR) is 151 cm³/mol. The molecule has 0 aromatic carbocycles. The van der Waals surface area contributed by atoms with Gasteiger partial charge in [0, 0.05) is 25.9 Å². The highest BCUT2D eigenvalue weighted by molar-refractivity contribution is 5.86. The van der Waals surface area contributed by atoms with Crippen molar-refractivity contribution < 1.29 is 33.4 Å². The van der Waals surface area contributed by atoms with E-state index in [-0.39, 0.29) is 35.4 Å². The minimum atomic E-state index is -0.722. The van der Waals surface area contributed by atoms with E-state index in [4.69, 9.17) is 14.2 Å². The zero-order valence-electron chi connectivity index (χ0n) is 25.7. The second-order valence-electron chi connectivity index (χ2n) is 13.4. The monoisotopic (exact) mass is 554 g/mol. The quantitative estimate of drug-likeness (QED) is 0.174. The van der Waals surface area contributed by atoms with E-state index in [2.05, 4.69) is 31.4 Å². The summed E-state index contributed by atoms with van der Waals surface area (Å²) in [6, 6.07) is -1.34. The summed E-state index contributed by atoms with van der Waals surface area (Å²) in [6.45, 7) is 13.9. The maximum absolute atomic E-state index is 12.7. The molecule has 39 heavy (non-hydrogen) atoms. The molecule has 0 bridgehead atoms. The lowest BCUT2D eigenvalue weighted by atomic mass is 9.92. The maximum Gasteiger partial charge on any atom is 0.323 e. The molecule has 0 aliphatic heterocycles. The van der Waals surface area contributed by atoms with Crippen LogP contribution in [0.4, 0.5) is 0 Å². The molecule has 0 amide bonds. The van der Waals surface area contributed by atoms with Gasteiger partial charge in [-0.05, 0) is 41.9 Å². The molecule has 1 fully saturated rings. The first-order valence-corrected chi connectivity index (χ1v) is 14.4. The van der Waals surface area contributed by atoms with Gasteiger partial charge in [-0.1, -0.05) is 60.8 Å². The van der Waals surface area contributed by atoms with Gasteiger partial charge in [0.05, 0.1) is 27.2 Å². The molecule has 2 N–H and O–H groups in total. The van der Waals surface area contributed by atoms with Crippen LogP contribution in [-0.2, 0) is 33.4 Å². The largest absolute Gasteiger partial charge is 0.468 e. The number of carbonyl (C=O) groups is 4. The van der Waals surface area contributed by atoms with Crippen LogP contribution in [-0.4, -0.2) is 69.7 Å². The molecule has 4 atom stereocenters. The van der Waals surface area contributed by atoms with Crippen molar-refractivity contribution in [2.24, 2.45) is 22.7 Å². The molecular formula is C30H54N2O7. The van der Waals surface area contributed by atoms with Crippen molar-refractivity contribution in [1.82, 2.24) is 10.6 Å². The normalized spacial score (nSPS) is 19.9. The first-order chi connectivity index (χ1) is 18.1. The molecule has 9 heteroatoms. The molecule has 0 spiro atoms. The van der Waals surface area contributed by atoms with Crippen LogP contribution in [0.1, 0.15) is 99.3 Å². The Hall–Kier alpha value is -2.00. The molecule has 1 saturated carbocycles. The zero-order chi connectivity index (χ0) is 29.6. The number of esters is 3. The molecule has 4 unspecified atom stereocenters. The summed E-state index contributed by atoms with van der Waals surface area (Å²) < 4.78 is 15.3. The van der Waals surface area contributed by atoms with Crippen molar-refractivity contribution >= 4 is 23.7 Å². The minimum Gasteiger partial charge on any atom is -0.468 e. The van der Waals surface area contributed by atoms with E-state index in [9.17, 15) is 19.2 Å². The van der Waals surface area contributed by atoms with Gasteiger partial charge in [0.25, 0.3) is 0 Å². The summed E-state index contributed by atoms with van der Waals surface area (Å²) in [4.78, 5) is 49.4. The van der Waals surface area contributed by atoms with E-state index >= 15 is 0 Å². The third-order valence-corrected chi connectivity index (χ3v) is 7.05. The molecule has 1 aliphatic rings. The van der Waals surface area contributed by atoms with Gasteiger partial charge in [0.1, 0.15) is 17.9 Å². The molecule has 0 saturated heterocycles. The zero-order valence-corrected chi connectivity index (χ0v) is 25.7. The smallest absolute Gasteiger partial charge is 0.323 e. The van der Waals surface area contributed by atoms with Crippen LogP contribution in [0.25, 0.3) is 0 Å². The fraction of sp³-hybridized carbons (Fsp3) is 0.867. The van der Waals surface area contributed by atoms with Crippen molar-refractivity contribution in [3.63, 3.8) is 0 Å². The van der Waals surface area contributed by atoms with E-state index < -0.39 is 30.0 Å². The summed E-state index contributed by atoms with van der Waals surface area (Å²) >= 11 is 0. The van der Waals surface area contributed by atoms with E-state index in [1.165, 1.54) is 14.2 Å². The van der Waals surface area contributed by atoms with Crippen molar-refractivity contribution in [3.8, 4) is 0 Å². The third-order valence-electron chi connectivity index (χ3n) is 7.05. The van der Waals surface area contributed by atoms with Gasteiger partial charge in [-0.25, -0.2) is 0 Å². The summed E-state index contributed by atoms with van der Waals surface area (Å²) in [7, 11) is 2.66. The summed E-state index contributed by atoms with van der Waals surface area (Å²) in [6.07, 6.45) is 6.30. The molecule has 0 radical (unpaired) electrons. The lowest BCUT2D eigenvalue weighted by Crippen LogP contribution is -2.43. The first kappa shape index (κ1) is 35.0. The van der Waals surface area contributed by atoms with Gasteiger partial charge >= 0.3 is 17.9 Å². The number of ketones is 1. The SMILES string of the molecule is COC(=O)C(CC(=O)CCC1CCCC(COC(=O)CC(NCC(C)(C)C)C(=O)OC)CC1)NCC(C)(C)C. The number of Topliss-reactive ketones (excluding diaryl/α,β-unsaturated/α-hetero) is 1. The fourth-order valence-corrected chi connectivity index (χ4v) is 4.66. The fourth-order valence-electron chi connectivity index (χ4n) is 4.66. The Morgan fingerprint density at radius 2 is 1.23 bits per heavy atom. The Balaban J connectivity index is 2.46. The summed E-state index contributed by atoms with van der Waals surface area (Å²) in [5, 5.41) is 6.31. The Morgan fingerprint density at radius 3 is 1.74 bits per heavy atom. The molecular weight excluding hydrogens is 500 g/mol. The van der Waals surface area contributed by atoms with Gasteiger partial charge in [-0.2, -0.15) is 0 Å². The molecule has 226 valence electrons. The second-order valence-corrected chi connectivity index (χ2v) is 13.4. The van der Waals surface area contributed by atoms with Crippen LogP contribution in [0.15, 0.2) is 0 Å². The molecule has 0 heterocycles. The second kappa shape index (κ2) is 17.0. The number of hydrogen-bond acceptors (Lipinski definition) is 9. The summed E-state index contributed by atoms with van der Waals surface area (Å²) in [5.74, 6) is -0.480. The first-order valence-electron chi connectivity index (χ1n) is 14.4. The maximum atomic E-state index is 12.7. The average Bonchev–Trinajstić information content (AvgIpc) is 3.09. The number of rotatable bonds is 15. The van der Waals surface area contributed by atoms with Crippen molar-refractivity contribution in [3.05, 3.63) is 0 Å². The molecule has 1 aliphatic carbocycles. The van der Waals surface area contributed by atoms with Crippen LogP contribution < -0.4 is 10.6 Å². The average molecular weight is 555 g/mol. The minimum absolute atomic E-state index is 0.00721. The van der Waals surface area contributed by atoms with Crippen LogP contribution in [0, 0.1) is 22.7 Å². The number of carbonyl (C=O) groups excluding carboxylic acids is 4. The van der Waals surface area contributed by atoms with E-state index in [1.807, 2.05) is 20.8 Å². The van der Waals surface area contributed by atoms with Gasteiger partial charge in [0.15, 0.2) is 0 Å². The van der Waals surface area contributed by atoms with Gasteiger partial charge in [-0.3, -0.25) is 19.2 Å². The number of hydrogen-bond donors (Lipinski definition) is 2. The standard InChI is InChI=1S/C30H54N2O7/c1-29(2,3)19-31-24(27(35)37-7)16-23(33)15-14-21-10-9-11-22(13-12-21)18-39-26(34)17-25(28(36)38-8)32-20-30(4,5)6/h21-22,24-25,31-32H,9-20H2,1-8H3. The van der Waals surface area contributed by atoms with Crippen molar-refractivity contribution in [2.45, 2.75) is 111 Å². The van der Waals surface area contributed by atoms with E-state index in [1.54, 1.807) is 0 Å². The van der Waals surface area contributed by atoms with Crippen LogP contribution in [0.2, 0.25) is 0 Å². The molecule has 0 aromatic heterocycles. The van der Waals surface area contributed by atoms with Gasteiger partial charge in [0.2, 0.25) is 0 Å². The lowest BCUT2D eigenvalue weighted by Gasteiger charge is -2.23. The van der Waals surface area contributed by atoms with Crippen molar-refractivity contribution in [1.29, 1.82) is 0 Å². The van der Waals surface area contributed by atoms with Crippen LogP contribution in [0.5, 0.6) is 0 Å². The number of ether oxygens (including phenoxy) is 3. The van der Waals surface area contributed by atoms with Gasteiger partial charge in [-0.15, -0.1) is 0 Å². The van der Waals surface area contributed by atoms with Gasteiger partial charge < -0.3 is 24.8 Å². The number of nitrogens with one attached hydrogen (secondary N) is 2. The molecule has 0 aromatic rings.